The Kier molecular flexibility index (Phi) is 7.68. The molecule has 0 saturated heterocycles. The predicted molar refractivity (Wildman–Crippen MR) is 85.0 cm³/mol. The first-order valence-corrected chi connectivity index (χ1v) is 8.16. The first kappa shape index (κ1) is 17.4. The third-order valence-corrected chi connectivity index (χ3v) is 3.62. The molecule has 0 bridgehead atoms. The summed E-state index contributed by atoms with van der Waals surface area (Å²) in [5.41, 5.74) is 0.728. The highest BCUT2D eigenvalue weighted by Crippen LogP contribution is 2.17. The summed E-state index contributed by atoms with van der Waals surface area (Å²) in [6, 6.07) is 7.07. The Balaban J connectivity index is 2.39. The van der Waals surface area contributed by atoms with Crippen molar-refractivity contribution in [3.05, 3.63) is 24.3 Å². The van der Waals surface area contributed by atoms with Crippen LogP contribution in [0.3, 0.4) is 0 Å². The van der Waals surface area contributed by atoms with Gasteiger partial charge in [-0.15, -0.1) is 0 Å². The zero-order chi connectivity index (χ0) is 15.7. The molecule has 0 saturated carbocycles. The first-order chi connectivity index (χ1) is 10.0. The molecule has 6 heteroatoms. The monoisotopic (exact) mass is 311 g/mol. The van der Waals surface area contributed by atoms with Gasteiger partial charge in [0.25, 0.3) is 0 Å². The summed E-state index contributed by atoms with van der Waals surface area (Å²) in [5.74, 6) is 0.592. The van der Waals surface area contributed by atoms with Crippen LogP contribution in [0.1, 0.15) is 19.8 Å². The van der Waals surface area contributed by atoms with E-state index < -0.39 is 5.97 Å². The predicted octanol–water partition coefficient (Wildman–Crippen LogP) is 2.87. The van der Waals surface area contributed by atoms with E-state index in [1.165, 1.54) is 0 Å². The van der Waals surface area contributed by atoms with Crippen molar-refractivity contribution >= 4 is 29.3 Å². The van der Waals surface area contributed by atoms with Gasteiger partial charge in [0, 0.05) is 23.8 Å². The van der Waals surface area contributed by atoms with Crippen molar-refractivity contribution in [2.45, 2.75) is 19.8 Å². The Labute approximate surface area is 129 Å². The smallest absolute Gasteiger partial charge is 0.303 e. The van der Waals surface area contributed by atoms with Crippen molar-refractivity contribution in [2.24, 2.45) is 5.92 Å². The highest BCUT2D eigenvalue weighted by atomic mass is 32.2. The Morgan fingerprint density at radius 3 is 2.57 bits per heavy atom. The molecule has 1 rings (SSSR count). The molecule has 0 fully saturated rings. The lowest BCUT2D eigenvalue weighted by molar-refractivity contribution is -0.137. The van der Waals surface area contributed by atoms with Crippen molar-refractivity contribution in [2.75, 3.05) is 23.9 Å². The number of rotatable bonds is 9. The van der Waals surface area contributed by atoms with Gasteiger partial charge in [0.05, 0.1) is 6.61 Å². The molecule has 0 heterocycles. The number of carboxylic acid groups (broad SMARTS) is 1. The molecule has 116 valence electrons. The standard InChI is InChI=1S/C15H21NO4S/c1-11(10-21-2)15(19)16-12-5-7-13(8-6-12)20-9-3-4-14(17)18/h5-8,11H,3-4,9-10H2,1-2H3,(H,16,19)(H,17,18). The third-order valence-electron chi connectivity index (χ3n) is 2.79. The molecule has 21 heavy (non-hydrogen) atoms. The van der Waals surface area contributed by atoms with Crippen LogP contribution in [0.25, 0.3) is 0 Å². The van der Waals surface area contributed by atoms with E-state index in [-0.39, 0.29) is 18.2 Å². The number of anilines is 1. The number of carboxylic acids is 1. The maximum Gasteiger partial charge on any atom is 0.303 e. The number of hydrogen-bond acceptors (Lipinski definition) is 4. The third kappa shape index (κ3) is 7.04. The van der Waals surface area contributed by atoms with Gasteiger partial charge in [-0.25, -0.2) is 0 Å². The number of ether oxygens (including phenoxy) is 1. The minimum Gasteiger partial charge on any atom is -0.494 e. The number of thioether (sulfide) groups is 1. The Morgan fingerprint density at radius 2 is 2.00 bits per heavy atom. The van der Waals surface area contributed by atoms with Crippen molar-refractivity contribution in [1.29, 1.82) is 0 Å². The molecule has 1 aromatic carbocycles. The summed E-state index contributed by atoms with van der Waals surface area (Å²) in [5, 5.41) is 11.4. The summed E-state index contributed by atoms with van der Waals surface area (Å²) < 4.78 is 5.42. The van der Waals surface area contributed by atoms with Gasteiger partial charge in [-0.05, 0) is 36.9 Å². The Morgan fingerprint density at radius 1 is 1.33 bits per heavy atom. The van der Waals surface area contributed by atoms with E-state index in [0.717, 1.165) is 11.4 Å². The van der Waals surface area contributed by atoms with Crippen LogP contribution in [-0.2, 0) is 9.59 Å². The summed E-state index contributed by atoms with van der Waals surface area (Å²) >= 11 is 1.64. The topological polar surface area (TPSA) is 75.6 Å². The summed E-state index contributed by atoms with van der Waals surface area (Å²) in [6.45, 7) is 2.26. The number of nitrogens with one attached hydrogen (secondary N) is 1. The fourth-order valence-electron chi connectivity index (χ4n) is 1.64. The van der Waals surface area contributed by atoms with Gasteiger partial charge in [0.1, 0.15) is 5.75 Å². The molecule has 0 aliphatic carbocycles. The number of aliphatic carboxylic acids is 1. The molecular weight excluding hydrogens is 290 g/mol. The maximum absolute atomic E-state index is 11.9. The van der Waals surface area contributed by atoms with E-state index in [4.69, 9.17) is 9.84 Å². The SMILES string of the molecule is CSCC(C)C(=O)Nc1ccc(OCCCC(=O)O)cc1. The van der Waals surface area contributed by atoms with Gasteiger partial charge in [-0.1, -0.05) is 6.92 Å². The molecule has 1 aromatic rings. The van der Waals surface area contributed by atoms with E-state index in [1.54, 1.807) is 36.0 Å². The van der Waals surface area contributed by atoms with Crippen molar-refractivity contribution in [3.63, 3.8) is 0 Å². The normalized spacial score (nSPS) is 11.7. The summed E-state index contributed by atoms with van der Waals surface area (Å²) in [4.78, 5) is 22.2. The van der Waals surface area contributed by atoms with Crippen LogP contribution in [0.5, 0.6) is 5.75 Å². The molecule has 0 aromatic heterocycles. The van der Waals surface area contributed by atoms with Crippen molar-refractivity contribution in [1.82, 2.24) is 0 Å². The van der Waals surface area contributed by atoms with Crippen LogP contribution >= 0.6 is 11.8 Å². The largest absolute Gasteiger partial charge is 0.494 e. The average Bonchev–Trinajstić information content (AvgIpc) is 2.45. The zero-order valence-electron chi connectivity index (χ0n) is 12.3. The quantitative estimate of drug-likeness (QED) is 0.686. The highest BCUT2D eigenvalue weighted by molar-refractivity contribution is 7.98. The molecule has 2 N–H and O–H groups in total. The van der Waals surface area contributed by atoms with Gasteiger partial charge in [-0.2, -0.15) is 11.8 Å². The molecule has 1 atom stereocenters. The van der Waals surface area contributed by atoms with E-state index >= 15 is 0 Å². The van der Waals surface area contributed by atoms with Gasteiger partial charge in [-0.3, -0.25) is 9.59 Å². The lowest BCUT2D eigenvalue weighted by atomic mass is 10.2. The lowest BCUT2D eigenvalue weighted by Crippen LogP contribution is -2.21. The minimum atomic E-state index is -0.823. The second-order valence-corrected chi connectivity index (χ2v) is 5.63. The molecule has 1 unspecified atom stereocenters. The fourth-order valence-corrected chi connectivity index (χ4v) is 2.29. The number of carbonyl (C=O) groups excluding carboxylic acids is 1. The van der Waals surface area contributed by atoms with Gasteiger partial charge >= 0.3 is 5.97 Å². The number of carbonyl (C=O) groups is 2. The molecule has 1 amide bonds. The van der Waals surface area contributed by atoms with Crippen LogP contribution < -0.4 is 10.1 Å². The Bertz CT molecular complexity index is 461. The second kappa shape index (κ2) is 9.28. The summed E-state index contributed by atoms with van der Waals surface area (Å²) in [6.07, 6.45) is 2.54. The van der Waals surface area contributed by atoms with Crippen LogP contribution in [-0.4, -0.2) is 35.6 Å². The van der Waals surface area contributed by atoms with Gasteiger partial charge in [0.15, 0.2) is 0 Å². The van der Waals surface area contributed by atoms with E-state index in [1.807, 2.05) is 13.2 Å². The van der Waals surface area contributed by atoms with Crippen LogP contribution in [0.15, 0.2) is 24.3 Å². The van der Waals surface area contributed by atoms with E-state index in [0.29, 0.717) is 18.8 Å². The summed E-state index contributed by atoms with van der Waals surface area (Å²) in [7, 11) is 0. The molecule has 5 nitrogen and oxygen atoms in total. The number of amides is 1. The number of benzene rings is 1. The molecular formula is C15H21NO4S. The highest BCUT2D eigenvalue weighted by Gasteiger charge is 2.12. The molecule has 0 aliphatic rings. The molecule has 0 spiro atoms. The lowest BCUT2D eigenvalue weighted by Gasteiger charge is -2.11. The van der Waals surface area contributed by atoms with Crippen molar-refractivity contribution in [3.8, 4) is 5.75 Å². The number of hydrogen-bond donors (Lipinski definition) is 2. The molecule has 0 aliphatic heterocycles. The van der Waals surface area contributed by atoms with Crippen LogP contribution in [0.4, 0.5) is 5.69 Å². The average molecular weight is 311 g/mol. The zero-order valence-corrected chi connectivity index (χ0v) is 13.1. The second-order valence-electron chi connectivity index (χ2n) is 4.72. The Hall–Kier alpha value is -1.69. The van der Waals surface area contributed by atoms with Crippen LogP contribution in [0.2, 0.25) is 0 Å². The van der Waals surface area contributed by atoms with Crippen LogP contribution in [0, 0.1) is 5.92 Å². The van der Waals surface area contributed by atoms with Gasteiger partial charge < -0.3 is 15.2 Å². The van der Waals surface area contributed by atoms with Crippen molar-refractivity contribution < 1.29 is 19.4 Å². The van der Waals surface area contributed by atoms with Gasteiger partial charge in [0.2, 0.25) is 5.91 Å². The molecule has 0 radical (unpaired) electrons. The first-order valence-electron chi connectivity index (χ1n) is 6.77. The maximum atomic E-state index is 11.9. The van der Waals surface area contributed by atoms with E-state index in [9.17, 15) is 9.59 Å². The van der Waals surface area contributed by atoms with E-state index in [2.05, 4.69) is 5.32 Å². The minimum absolute atomic E-state index is 0.000485. The fraction of sp³-hybridized carbons (Fsp3) is 0.467.